The maximum absolute atomic E-state index is 12.2. The Labute approximate surface area is 184 Å². The van der Waals surface area contributed by atoms with E-state index in [0.29, 0.717) is 25.2 Å². The van der Waals surface area contributed by atoms with E-state index in [4.69, 9.17) is 0 Å². The van der Waals surface area contributed by atoms with Gasteiger partial charge in [-0.05, 0) is 59.2 Å². The second-order valence-electron chi connectivity index (χ2n) is 7.54. The van der Waals surface area contributed by atoms with Crippen LogP contribution >= 0.6 is 22.6 Å². The third kappa shape index (κ3) is 3.47. The zero-order chi connectivity index (χ0) is 20.9. The monoisotopic (exact) mass is 524 g/mol. The van der Waals surface area contributed by atoms with Crippen molar-refractivity contribution in [1.29, 1.82) is 5.26 Å². The van der Waals surface area contributed by atoms with Crippen molar-refractivity contribution in [2.24, 2.45) is 5.92 Å². The zero-order valence-corrected chi connectivity index (χ0v) is 19.1. The van der Waals surface area contributed by atoms with Crippen LogP contribution in [0.1, 0.15) is 17.5 Å². The Bertz CT molecular complexity index is 1130. The first-order valence-corrected chi connectivity index (χ1v) is 12.0. The second kappa shape index (κ2) is 7.41. The normalized spacial score (nSPS) is 23.0. The molecule has 2 aliphatic heterocycles. The summed E-state index contributed by atoms with van der Waals surface area (Å²) in [5, 5.41) is 19.6. The SMILES string of the molecule is Cc1c(I)ncc(-c2ccc3c(c2)CS(=O)(=O)N3C)c1N1CCC(C#N)[C@@H](O)C1. The molecule has 1 fully saturated rings. The van der Waals surface area contributed by atoms with Gasteiger partial charge in [0.15, 0.2) is 0 Å². The molecule has 1 saturated heterocycles. The first-order chi connectivity index (χ1) is 13.7. The molecular formula is C20H21IN4O3S. The lowest BCUT2D eigenvalue weighted by Crippen LogP contribution is -2.44. The molecule has 1 N–H and O–H groups in total. The Morgan fingerprint density at radius 1 is 1.38 bits per heavy atom. The van der Waals surface area contributed by atoms with Gasteiger partial charge in [-0.25, -0.2) is 13.4 Å². The van der Waals surface area contributed by atoms with Crippen molar-refractivity contribution in [3.63, 3.8) is 0 Å². The molecule has 0 aliphatic carbocycles. The van der Waals surface area contributed by atoms with E-state index in [0.717, 1.165) is 31.6 Å². The van der Waals surface area contributed by atoms with Crippen molar-refractivity contribution in [3.8, 4) is 17.2 Å². The number of β-amino-alcohol motifs (C(OH)–C–C–N with tert-alkyl or cyclic N) is 1. The van der Waals surface area contributed by atoms with Crippen molar-refractivity contribution in [2.45, 2.75) is 25.2 Å². The predicted octanol–water partition coefficient (Wildman–Crippen LogP) is 2.65. The number of fused-ring (bicyclic) bond motifs is 1. The maximum Gasteiger partial charge on any atom is 0.239 e. The smallest absolute Gasteiger partial charge is 0.239 e. The van der Waals surface area contributed by atoms with Gasteiger partial charge in [0.05, 0.1) is 35.2 Å². The summed E-state index contributed by atoms with van der Waals surface area (Å²) in [6, 6.07) is 7.86. The van der Waals surface area contributed by atoms with E-state index < -0.39 is 16.1 Å². The van der Waals surface area contributed by atoms with E-state index in [1.54, 1.807) is 7.05 Å². The number of aromatic nitrogens is 1. The molecule has 1 aromatic heterocycles. The molecule has 0 radical (unpaired) electrons. The lowest BCUT2D eigenvalue weighted by atomic mass is 9.93. The fourth-order valence-corrected chi connectivity index (χ4v) is 5.79. The number of nitrogens with zero attached hydrogens (tertiary/aromatic N) is 4. The lowest BCUT2D eigenvalue weighted by molar-refractivity contribution is 0.120. The van der Waals surface area contributed by atoms with Gasteiger partial charge < -0.3 is 10.0 Å². The molecule has 0 amide bonds. The summed E-state index contributed by atoms with van der Waals surface area (Å²) < 4.78 is 26.7. The lowest BCUT2D eigenvalue weighted by Gasteiger charge is -2.36. The molecule has 1 aromatic carbocycles. The quantitative estimate of drug-likeness (QED) is 0.480. The highest BCUT2D eigenvalue weighted by Crippen LogP contribution is 2.40. The number of benzene rings is 1. The number of rotatable bonds is 2. The van der Waals surface area contributed by atoms with Crippen LogP contribution in [-0.2, 0) is 15.8 Å². The minimum absolute atomic E-state index is 0.00887. The predicted molar refractivity (Wildman–Crippen MR) is 120 cm³/mol. The number of hydrogen-bond acceptors (Lipinski definition) is 6. The van der Waals surface area contributed by atoms with Gasteiger partial charge >= 0.3 is 0 Å². The van der Waals surface area contributed by atoms with Crippen LogP contribution in [0.5, 0.6) is 0 Å². The van der Waals surface area contributed by atoms with Crippen molar-refractivity contribution in [2.75, 3.05) is 29.3 Å². The molecule has 4 rings (SSSR count). The molecule has 1 unspecified atom stereocenters. The average molecular weight is 524 g/mol. The molecule has 2 aliphatic rings. The summed E-state index contributed by atoms with van der Waals surface area (Å²) in [5.74, 6) is -0.359. The minimum atomic E-state index is -3.30. The van der Waals surface area contributed by atoms with Crippen LogP contribution in [-0.4, -0.2) is 44.7 Å². The zero-order valence-electron chi connectivity index (χ0n) is 16.1. The molecule has 9 heteroatoms. The molecule has 2 aromatic rings. The van der Waals surface area contributed by atoms with Crippen molar-refractivity contribution in [3.05, 3.63) is 39.2 Å². The molecule has 3 heterocycles. The summed E-state index contributed by atoms with van der Waals surface area (Å²) in [6.45, 7) is 3.06. The van der Waals surface area contributed by atoms with Crippen molar-refractivity contribution in [1.82, 2.24) is 4.98 Å². The number of aliphatic hydroxyl groups is 1. The fraction of sp³-hybridized carbons (Fsp3) is 0.400. The van der Waals surface area contributed by atoms with E-state index in [1.807, 2.05) is 31.3 Å². The third-order valence-electron chi connectivity index (χ3n) is 5.78. The van der Waals surface area contributed by atoms with Crippen molar-refractivity contribution >= 4 is 44.0 Å². The van der Waals surface area contributed by atoms with Gasteiger partial charge in [-0.1, -0.05) is 6.07 Å². The third-order valence-corrected chi connectivity index (χ3v) is 8.57. The Morgan fingerprint density at radius 3 is 2.83 bits per heavy atom. The van der Waals surface area contributed by atoms with Crippen LogP contribution in [0.25, 0.3) is 11.1 Å². The van der Waals surface area contributed by atoms with Gasteiger partial charge in [0, 0.05) is 37.5 Å². The molecule has 2 atom stereocenters. The Kier molecular flexibility index (Phi) is 5.21. The summed E-state index contributed by atoms with van der Waals surface area (Å²) in [5.41, 5.74) is 5.27. The molecule has 152 valence electrons. The Morgan fingerprint density at radius 2 is 2.14 bits per heavy atom. The molecule has 0 bridgehead atoms. The standard InChI is InChI=1S/C20H21IN4O3S/c1-12-19(25-6-5-14(8-22)18(26)10-25)16(9-23-20(12)21)13-3-4-17-15(7-13)11-29(27,28)24(17)2/h3-4,7,9,14,18,26H,5-6,10-11H2,1-2H3/t14?,18-/m0/s1. The topological polar surface area (TPSA) is 97.5 Å². The Hall–Kier alpha value is -1.90. The van der Waals surface area contributed by atoms with E-state index in [2.05, 4.69) is 38.5 Å². The van der Waals surface area contributed by atoms with Crippen LogP contribution in [0.15, 0.2) is 24.4 Å². The number of hydrogen-bond donors (Lipinski definition) is 1. The van der Waals surface area contributed by atoms with Crippen LogP contribution in [0.2, 0.25) is 0 Å². The van der Waals surface area contributed by atoms with Crippen LogP contribution < -0.4 is 9.21 Å². The molecule has 7 nitrogen and oxygen atoms in total. The van der Waals surface area contributed by atoms with E-state index in [-0.39, 0.29) is 11.7 Å². The fourth-order valence-electron chi connectivity index (χ4n) is 4.10. The number of sulfonamides is 1. The van der Waals surface area contributed by atoms with Gasteiger partial charge in [-0.3, -0.25) is 4.31 Å². The number of aliphatic hydroxyl groups excluding tert-OH is 1. The average Bonchev–Trinajstić information content (AvgIpc) is 2.91. The summed E-state index contributed by atoms with van der Waals surface area (Å²) >= 11 is 2.20. The minimum Gasteiger partial charge on any atom is -0.390 e. The van der Waals surface area contributed by atoms with E-state index >= 15 is 0 Å². The van der Waals surface area contributed by atoms with E-state index in [1.165, 1.54) is 4.31 Å². The molecular weight excluding hydrogens is 503 g/mol. The summed E-state index contributed by atoms with van der Waals surface area (Å²) in [7, 11) is -1.73. The highest BCUT2D eigenvalue weighted by atomic mass is 127. The van der Waals surface area contributed by atoms with Gasteiger partial charge in [0.25, 0.3) is 0 Å². The number of halogens is 1. The van der Waals surface area contributed by atoms with Gasteiger partial charge in [0.2, 0.25) is 10.0 Å². The number of anilines is 2. The molecule has 29 heavy (non-hydrogen) atoms. The van der Waals surface area contributed by atoms with Crippen LogP contribution in [0.3, 0.4) is 0 Å². The first kappa shape index (κ1) is 20.4. The maximum atomic E-state index is 12.2. The largest absolute Gasteiger partial charge is 0.390 e. The van der Waals surface area contributed by atoms with Gasteiger partial charge in [-0.15, -0.1) is 0 Å². The highest BCUT2D eigenvalue weighted by molar-refractivity contribution is 14.1. The Balaban J connectivity index is 1.79. The first-order valence-electron chi connectivity index (χ1n) is 9.30. The summed E-state index contributed by atoms with van der Waals surface area (Å²) in [6.07, 6.45) is 1.70. The van der Waals surface area contributed by atoms with Gasteiger partial charge in [0.1, 0.15) is 3.70 Å². The number of pyridine rings is 1. The second-order valence-corrected chi connectivity index (χ2v) is 10.6. The number of nitriles is 1. The highest BCUT2D eigenvalue weighted by Gasteiger charge is 2.32. The number of piperidine rings is 1. The van der Waals surface area contributed by atoms with Crippen LogP contribution in [0, 0.1) is 27.9 Å². The molecule has 0 saturated carbocycles. The van der Waals surface area contributed by atoms with Crippen molar-refractivity contribution < 1.29 is 13.5 Å². The molecule has 0 spiro atoms. The van der Waals surface area contributed by atoms with Crippen LogP contribution in [0.4, 0.5) is 11.4 Å². The van der Waals surface area contributed by atoms with Gasteiger partial charge in [-0.2, -0.15) is 5.26 Å². The summed E-state index contributed by atoms with van der Waals surface area (Å²) in [4.78, 5) is 6.63. The van der Waals surface area contributed by atoms with E-state index in [9.17, 15) is 18.8 Å².